The first-order valence-electron chi connectivity index (χ1n) is 8.35. The van der Waals surface area contributed by atoms with E-state index in [1.807, 2.05) is 0 Å². The van der Waals surface area contributed by atoms with Gasteiger partial charge >= 0.3 is 0 Å². The molecule has 0 radical (unpaired) electrons. The number of nitrogens with one attached hydrogen (secondary N) is 2. The van der Waals surface area contributed by atoms with Gasteiger partial charge < -0.3 is 5.84 Å². The van der Waals surface area contributed by atoms with Gasteiger partial charge in [-0.25, -0.2) is 20.7 Å². The van der Waals surface area contributed by atoms with Gasteiger partial charge in [-0.1, -0.05) is 5.10 Å². The number of anilines is 1. The molecular weight excluding hydrogens is 396 g/mol. The molecule has 14 heteroatoms. The van der Waals surface area contributed by atoms with Gasteiger partial charge in [-0.2, -0.15) is 0 Å². The number of benzene rings is 2. The predicted molar refractivity (Wildman–Crippen MR) is 98.7 cm³/mol. The van der Waals surface area contributed by atoms with E-state index >= 15 is 0 Å². The van der Waals surface area contributed by atoms with Gasteiger partial charge in [-0.3, -0.25) is 24.6 Å². The maximum atomic E-state index is 13.0. The number of amides is 4. The SMILES string of the molecule is N/N=C(\NN)N1C(=O)c2ccc3c4c(ccc(c24)C1=O)C(=O)N(c1nnn[nH]1)C3=O. The molecular formula is C16H10N10O4. The van der Waals surface area contributed by atoms with Crippen molar-refractivity contribution in [1.82, 2.24) is 30.9 Å². The normalized spacial score (nSPS) is 16.0. The van der Waals surface area contributed by atoms with Crippen LogP contribution in [-0.4, -0.2) is 55.1 Å². The minimum absolute atomic E-state index is 0.0805. The maximum absolute atomic E-state index is 13.0. The third-order valence-corrected chi connectivity index (χ3v) is 4.90. The lowest BCUT2D eigenvalue weighted by molar-refractivity contribution is 0.0701. The van der Waals surface area contributed by atoms with Gasteiger partial charge in [-0.05, 0) is 34.7 Å². The van der Waals surface area contributed by atoms with Crippen molar-refractivity contribution in [3.63, 3.8) is 0 Å². The second kappa shape index (κ2) is 5.89. The fraction of sp³-hybridized carbons (Fsp3) is 0. The summed E-state index contributed by atoms with van der Waals surface area (Å²) < 4.78 is 0. The van der Waals surface area contributed by atoms with E-state index in [4.69, 9.17) is 11.7 Å². The number of carbonyl (C=O) groups excluding carboxylic acids is 4. The Morgan fingerprint density at radius 3 is 1.80 bits per heavy atom. The van der Waals surface area contributed by atoms with Gasteiger partial charge in [0, 0.05) is 33.0 Å². The molecule has 0 aliphatic carbocycles. The Hall–Kier alpha value is -4.72. The number of hydrazine groups is 1. The molecule has 0 atom stereocenters. The Balaban J connectivity index is 1.79. The van der Waals surface area contributed by atoms with Gasteiger partial charge in [0.2, 0.25) is 5.96 Å². The topological polar surface area (TPSA) is 206 Å². The highest BCUT2D eigenvalue weighted by Gasteiger charge is 2.42. The summed E-state index contributed by atoms with van der Waals surface area (Å²) in [6.45, 7) is 0. The van der Waals surface area contributed by atoms with Crippen molar-refractivity contribution in [1.29, 1.82) is 0 Å². The molecule has 4 amide bonds. The Morgan fingerprint density at radius 1 is 0.900 bits per heavy atom. The molecule has 1 aromatic heterocycles. The summed E-state index contributed by atoms with van der Waals surface area (Å²) in [4.78, 5) is 53.5. The highest BCUT2D eigenvalue weighted by Crippen LogP contribution is 2.38. The standard InChI is InChI=1S/C16H10N10O4/c17-19-15(20-18)25-11(27)5-1-3-7-10-8(4-2-6(9(5)10)12(25)28)14(30)26(13(7)29)16-21-23-24-22-16/h1-4H,17-18H2,(H,19,20)(H,21,22,23,24). The van der Waals surface area contributed by atoms with Crippen molar-refractivity contribution in [3.05, 3.63) is 46.5 Å². The number of H-pyrrole nitrogens is 1. The van der Waals surface area contributed by atoms with Crippen molar-refractivity contribution < 1.29 is 19.2 Å². The summed E-state index contributed by atoms with van der Waals surface area (Å²) >= 11 is 0. The molecule has 0 saturated carbocycles. The number of hydrazone groups is 1. The molecule has 14 nitrogen and oxygen atoms in total. The fourth-order valence-electron chi connectivity index (χ4n) is 3.67. The molecule has 6 N–H and O–H groups in total. The van der Waals surface area contributed by atoms with Crippen molar-refractivity contribution in [2.45, 2.75) is 0 Å². The number of imide groups is 2. The molecule has 2 aromatic carbocycles. The molecule has 30 heavy (non-hydrogen) atoms. The van der Waals surface area contributed by atoms with Gasteiger partial charge in [0.25, 0.3) is 29.6 Å². The van der Waals surface area contributed by atoms with E-state index in [1.165, 1.54) is 24.3 Å². The van der Waals surface area contributed by atoms with Crippen LogP contribution in [0.25, 0.3) is 10.8 Å². The van der Waals surface area contributed by atoms with E-state index in [1.54, 1.807) is 0 Å². The third kappa shape index (κ3) is 1.99. The van der Waals surface area contributed by atoms with Crippen LogP contribution in [0.2, 0.25) is 0 Å². The van der Waals surface area contributed by atoms with Crippen LogP contribution in [0, 0.1) is 0 Å². The lowest BCUT2D eigenvalue weighted by Crippen LogP contribution is -2.53. The number of tetrazole rings is 1. The summed E-state index contributed by atoms with van der Waals surface area (Å²) in [5, 5.41) is 16.5. The second-order valence-corrected chi connectivity index (χ2v) is 6.28. The molecule has 5 rings (SSSR count). The van der Waals surface area contributed by atoms with Gasteiger partial charge in [0.15, 0.2) is 0 Å². The molecule has 0 unspecified atom stereocenters. The number of guanidine groups is 1. The first-order chi connectivity index (χ1) is 14.5. The molecule has 0 spiro atoms. The summed E-state index contributed by atoms with van der Waals surface area (Å²) in [5.74, 6) is 7.08. The predicted octanol–water partition coefficient (Wildman–Crippen LogP) is -1.56. The van der Waals surface area contributed by atoms with Gasteiger partial charge in [0.05, 0.1) is 0 Å². The lowest BCUT2D eigenvalue weighted by Gasteiger charge is -2.30. The summed E-state index contributed by atoms with van der Waals surface area (Å²) in [6.07, 6.45) is 0. The minimum Gasteiger partial charge on any atom is -0.320 e. The fourth-order valence-corrected chi connectivity index (χ4v) is 3.67. The van der Waals surface area contributed by atoms with Crippen LogP contribution in [-0.2, 0) is 0 Å². The molecule has 3 aromatic rings. The van der Waals surface area contributed by atoms with Crippen molar-refractivity contribution >= 4 is 46.3 Å². The van der Waals surface area contributed by atoms with Gasteiger partial charge in [-0.15, -0.1) is 5.10 Å². The molecule has 0 fully saturated rings. The Bertz CT molecular complexity index is 1260. The highest BCUT2D eigenvalue weighted by molar-refractivity contribution is 6.40. The number of carbonyl (C=O) groups is 4. The van der Waals surface area contributed by atoms with Crippen molar-refractivity contribution in [2.75, 3.05) is 4.90 Å². The van der Waals surface area contributed by atoms with E-state index in [0.29, 0.717) is 4.90 Å². The van der Waals surface area contributed by atoms with Crippen LogP contribution in [0.5, 0.6) is 0 Å². The number of nitrogens with two attached hydrogens (primary N) is 2. The minimum atomic E-state index is -0.764. The largest absolute Gasteiger partial charge is 0.320 e. The average molecular weight is 406 g/mol. The summed E-state index contributed by atoms with van der Waals surface area (Å²) in [5.41, 5.74) is 2.48. The summed E-state index contributed by atoms with van der Waals surface area (Å²) in [6, 6.07) is 5.53. The smallest absolute Gasteiger partial charge is 0.268 e. The third-order valence-electron chi connectivity index (χ3n) is 4.90. The number of aromatic amines is 1. The zero-order valence-electron chi connectivity index (χ0n) is 14.8. The lowest BCUT2D eigenvalue weighted by atomic mass is 9.86. The van der Waals surface area contributed by atoms with E-state index < -0.39 is 23.6 Å². The highest BCUT2D eigenvalue weighted by atomic mass is 16.2. The Labute approximate surface area is 165 Å². The molecule has 2 aliphatic heterocycles. The van der Waals surface area contributed by atoms with Crippen molar-refractivity contribution in [2.24, 2.45) is 16.8 Å². The van der Waals surface area contributed by atoms with E-state index in [2.05, 4.69) is 31.2 Å². The second-order valence-electron chi connectivity index (χ2n) is 6.28. The molecule has 3 heterocycles. The molecule has 148 valence electrons. The van der Waals surface area contributed by atoms with E-state index in [9.17, 15) is 19.2 Å². The Morgan fingerprint density at radius 2 is 1.40 bits per heavy atom. The van der Waals surface area contributed by atoms with Crippen LogP contribution >= 0.6 is 0 Å². The first-order valence-corrected chi connectivity index (χ1v) is 8.35. The maximum Gasteiger partial charge on any atom is 0.268 e. The van der Waals surface area contributed by atoms with E-state index in [0.717, 1.165) is 4.90 Å². The number of hydrogen-bond donors (Lipinski definition) is 4. The number of rotatable bonds is 1. The molecule has 0 bridgehead atoms. The van der Waals surface area contributed by atoms with Crippen LogP contribution in [0.1, 0.15) is 41.4 Å². The number of nitrogens with zero attached hydrogens (tertiary/aromatic N) is 6. The molecule has 0 saturated heterocycles. The Kier molecular flexibility index (Phi) is 3.41. The number of aromatic nitrogens is 4. The quantitative estimate of drug-likeness (QED) is 0.120. The monoisotopic (exact) mass is 406 g/mol. The first kappa shape index (κ1) is 17.4. The number of hydrogen-bond acceptors (Lipinski definition) is 10. The zero-order chi connectivity index (χ0) is 21.2. The van der Waals surface area contributed by atoms with Crippen LogP contribution in [0.4, 0.5) is 5.95 Å². The van der Waals surface area contributed by atoms with E-state index in [-0.39, 0.29) is 44.9 Å². The molecule has 2 aliphatic rings. The summed E-state index contributed by atoms with van der Waals surface area (Å²) in [7, 11) is 0. The van der Waals surface area contributed by atoms with Crippen LogP contribution in [0.15, 0.2) is 29.4 Å². The van der Waals surface area contributed by atoms with Crippen LogP contribution < -0.4 is 22.0 Å². The van der Waals surface area contributed by atoms with Gasteiger partial charge in [0.1, 0.15) is 0 Å². The van der Waals surface area contributed by atoms with Crippen molar-refractivity contribution in [3.8, 4) is 0 Å². The van der Waals surface area contributed by atoms with Crippen LogP contribution in [0.3, 0.4) is 0 Å². The zero-order valence-corrected chi connectivity index (χ0v) is 14.8. The average Bonchev–Trinajstić information content (AvgIpc) is 3.28.